The molecule has 2 aliphatic rings. The van der Waals surface area contributed by atoms with Crippen molar-refractivity contribution >= 4 is 0 Å². The summed E-state index contributed by atoms with van der Waals surface area (Å²) in [4.78, 5) is 0. The molecule has 2 bridgehead atoms. The normalized spacial score (nSPS) is 43.7. The highest BCUT2D eigenvalue weighted by atomic mass is 14.4. The van der Waals surface area contributed by atoms with Crippen LogP contribution in [0, 0.1) is 17.8 Å². The molecule has 0 heterocycles. The highest BCUT2D eigenvalue weighted by molar-refractivity contribution is 5.03. The van der Waals surface area contributed by atoms with Gasteiger partial charge in [0.25, 0.3) is 0 Å². The zero-order valence-electron chi connectivity index (χ0n) is 6.19. The summed E-state index contributed by atoms with van der Waals surface area (Å²) in [6.45, 7) is 2.36. The largest absolute Gasteiger partial charge is 0.0588 e. The van der Waals surface area contributed by atoms with Gasteiger partial charge in [0.05, 0.1) is 0 Å². The van der Waals surface area contributed by atoms with Crippen LogP contribution in [0.25, 0.3) is 0 Å². The van der Waals surface area contributed by atoms with Gasteiger partial charge >= 0.3 is 0 Å². The minimum Gasteiger partial charge on any atom is -0.0588 e. The first kappa shape index (κ1) is 5.76. The Balaban J connectivity index is 2.07. The van der Waals surface area contributed by atoms with Crippen molar-refractivity contribution in [2.45, 2.75) is 39.0 Å². The van der Waals surface area contributed by atoms with E-state index in [1.807, 2.05) is 0 Å². The minimum absolute atomic E-state index is 1.05. The third-order valence-corrected chi connectivity index (χ3v) is 3.09. The second-order valence-corrected chi connectivity index (χ2v) is 3.78. The molecule has 0 amide bonds. The van der Waals surface area contributed by atoms with Gasteiger partial charge in [0.15, 0.2) is 0 Å². The highest BCUT2D eigenvalue weighted by Gasteiger charge is 2.34. The molecule has 2 fully saturated rings. The molecule has 0 aromatic heterocycles. The van der Waals surface area contributed by atoms with Gasteiger partial charge in [0, 0.05) is 0 Å². The lowest BCUT2D eigenvalue weighted by Gasteiger charge is -2.18. The first-order chi connectivity index (χ1) is 4.36. The van der Waals surface area contributed by atoms with Crippen LogP contribution in [0.3, 0.4) is 0 Å². The van der Waals surface area contributed by atoms with Crippen LogP contribution < -0.4 is 0 Å². The third-order valence-electron chi connectivity index (χ3n) is 3.09. The van der Waals surface area contributed by atoms with Gasteiger partial charge in [-0.25, -0.2) is 0 Å². The lowest BCUT2D eigenvalue weighted by Crippen LogP contribution is -2.05. The lowest BCUT2D eigenvalue weighted by atomic mass is 9.88. The molecule has 0 aromatic rings. The molecule has 2 saturated carbocycles. The quantitative estimate of drug-likeness (QED) is 0.464. The summed E-state index contributed by atoms with van der Waals surface area (Å²) in [5.74, 6) is 3.95. The van der Waals surface area contributed by atoms with Crippen molar-refractivity contribution in [3.8, 4) is 0 Å². The van der Waals surface area contributed by atoms with E-state index in [0.29, 0.717) is 0 Å². The maximum Gasteiger partial charge on any atom is -0.0238 e. The van der Waals surface area contributed by atoms with E-state index >= 15 is 0 Å². The van der Waals surface area contributed by atoms with E-state index < -0.39 is 0 Å². The Labute approximate surface area is 57.6 Å². The smallest absolute Gasteiger partial charge is 0.0238 e. The molecule has 0 saturated heterocycles. The Kier molecular flexibility index (Phi) is 1.28. The second-order valence-electron chi connectivity index (χ2n) is 3.78. The number of fused-ring (bicyclic) bond motifs is 2. The molecular formula is C9H15. The van der Waals surface area contributed by atoms with E-state index in [1.54, 1.807) is 5.92 Å². The van der Waals surface area contributed by atoms with E-state index in [4.69, 9.17) is 0 Å². The van der Waals surface area contributed by atoms with Crippen LogP contribution >= 0.6 is 0 Å². The molecule has 2 aliphatic carbocycles. The van der Waals surface area contributed by atoms with E-state index in [2.05, 4.69) is 6.92 Å². The number of hydrogen-bond acceptors (Lipinski definition) is 0. The molecule has 51 valence electrons. The highest BCUT2D eigenvalue weighted by Crippen LogP contribution is 2.46. The fourth-order valence-corrected chi connectivity index (χ4v) is 2.55. The molecule has 0 nitrogen and oxygen atoms in total. The fourth-order valence-electron chi connectivity index (χ4n) is 2.55. The van der Waals surface area contributed by atoms with Crippen molar-refractivity contribution in [2.24, 2.45) is 11.8 Å². The van der Waals surface area contributed by atoms with Crippen molar-refractivity contribution in [3.63, 3.8) is 0 Å². The van der Waals surface area contributed by atoms with Gasteiger partial charge in [0.2, 0.25) is 0 Å². The maximum atomic E-state index is 2.36. The van der Waals surface area contributed by atoms with Gasteiger partial charge in [0.1, 0.15) is 0 Å². The number of rotatable bonds is 0. The van der Waals surface area contributed by atoms with Gasteiger partial charge in [-0.05, 0) is 37.0 Å². The summed E-state index contributed by atoms with van der Waals surface area (Å²) in [6.07, 6.45) is 7.53. The van der Waals surface area contributed by atoms with E-state index in [0.717, 1.165) is 11.8 Å². The summed E-state index contributed by atoms with van der Waals surface area (Å²) in [5, 5.41) is 0. The van der Waals surface area contributed by atoms with Crippen molar-refractivity contribution < 1.29 is 0 Å². The van der Waals surface area contributed by atoms with Crippen molar-refractivity contribution in [1.29, 1.82) is 0 Å². The van der Waals surface area contributed by atoms with E-state index in [-0.39, 0.29) is 0 Å². The summed E-state index contributed by atoms with van der Waals surface area (Å²) < 4.78 is 0. The predicted octanol–water partition coefficient (Wildman–Crippen LogP) is 2.79. The van der Waals surface area contributed by atoms with Gasteiger partial charge in [-0.1, -0.05) is 19.8 Å². The molecular weight excluding hydrogens is 108 g/mol. The number of hydrogen-bond donors (Lipinski definition) is 0. The molecule has 0 spiro atoms. The average molecular weight is 123 g/mol. The van der Waals surface area contributed by atoms with E-state index in [1.165, 1.54) is 32.1 Å². The van der Waals surface area contributed by atoms with Crippen molar-refractivity contribution in [3.05, 3.63) is 5.92 Å². The maximum absolute atomic E-state index is 2.36. The fraction of sp³-hybridized carbons (Fsp3) is 0.889. The molecule has 1 radical (unpaired) electrons. The molecule has 2 atom stereocenters. The first-order valence-corrected chi connectivity index (χ1v) is 4.18. The zero-order chi connectivity index (χ0) is 6.27. The van der Waals surface area contributed by atoms with Crippen LogP contribution in [0.4, 0.5) is 0 Å². The zero-order valence-corrected chi connectivity index (χ0v) is 6.19. The monoisotopic (exact) mass is 123 g/mol. The Hall–Kier alpha value is 0. The lowest BCUT2D eigenvalue weighted by molar-refractivity contribution is 0.363. The Morgan fingerprint density at radius 3 is 2.89 bits per heavy atom. The molecule has 0 N–H and O–H groups in total. The van der Waals surface area contributed by atoms with Gasteiger partial charge < -0.3 is 0 Å². The van der Waals surface area contributed by atoms with Gasteiger partial charge in [-0.15, -0.1) is 0 Å². The van der Waals surface area contributed by atoms with Gasteiger partial charge in [-0.2, -0.15) is 0 Å². The van der Waals surface area contributed by atoms with Crippen LogP contribution in [0.1, 0.15) is 39.0 Å². The topological polar surface area (TPSA) is 0 Å². The molecule has 0 aromatic carbocycles. The molecule has 2 rings (SSSR count). The molecule has 0 heteroatoms. The van der Waals surface area contributed by atoms with Crippen LogP contribution in [-0.4, -0.2) is 0 Å². The Morgan fingerprint density at radius 2 is 2.22 bits per heavy atom. The molecule has 0 aliphatic heterocycles. The minimum atomic E-state index is 1.05. The van der Waals surface area contributed by atoms with Crippen LogP contribution in [0.15, 0.2) is 0 Å². The Bertz CT molecular complexity index is 105. The van der Waals surface area contributed by atoms with Crippen LogP contribution in [0.5, 0.6) is 0 Å². The van der Waals surface area contributed by atoms with Crippen molar-refractivity contribution in [2.75, 3.05) is 0 Å². The molecule has 9 heavy (non-hydrogen) atoms. The van der Waals surface area contributed by atoms with Crippen LogP contribution in [0.2, 0.25) is 0 Å². The standard InChI is InChI=1S/C9H15/c1-7-5-8-3-2-4-9(7)6-8/h8-9H,2-6H2,1H3. The second kappa shape index (κ2) is 2.00. The van der Waals surface area contributed by atoms with E-state index in [9.17, 15) is 0 Å². The van der Waals surface area contributed by atoms with Crippen molar-refractivity contribution in [1.82, 2.24) is 0 Å². The van der Waals surface area contributed by atoms with Gasteiger partial charge in [-0.3, -0.25) is 0 Å². The van der Waals surface area contributed by atoms with Crippen LogP contribution in [-0.2, 0) is 0 Å². The Morgan fingerprint density at radius 1 is 1.33 bits per heavy atom. The summed E-state index contributed by atoms with van der Waals surface area (Å²) in [7, 11) is 0. The average Bonchev–Trinajstić information content (AvgIpc) is 2.09. The first-order valence-electron chi connectivity index (χ1n) is 4.18. The summed E-state index contributed by atoms with van der Waals surface area (Å²) >= 11 is 0. The molecule has 2 unspecified atom stereocenters. The summed E-state index contributed by atoms with van der Waals surface area (Å²) in [6, 6.07) is 0. The predicted molar refractivity (Wildman–Crippen MR) is 39.0 cm³/mol. The SMILES string of the molecule is C[C]1CC2CCCC1C2. The summed E-state index contributed by atoms with van der Waals surface area (Å²) in [5.41, 5.74) is 0. The third kappa shape index (κ3) is 0.889.